The molecule has 4 heteroatoms. The van der Waals surface area contributed by atoms with E-state index in [1.807, 2.05) is 18.3 Å². The zero-order valence-corrected chi connectivity index (χ0v) is 13.8. The van der Waals surface area contributed by atoms with Gasteiger partial charge in [0, 0.05) is 27.7 Å². The summed E-state index contributed by atoms with van der Waals surface area (Å²) in [6.45, 7) is 2.99. The van der Waals surface area contributed by atoms with Gasteiger partial charge in [-0.2, -0.15) is 0 Å². The van der Waals surface area contributed by atoms with Gasteiger partial charge in [0.2, 0.25) is 0 Å². The summed E-state index contributed by atoms with van der Waals surface area (Å²) >= 11 is 8.26. The van der Waals surface area contributed by atoms with Crippen LogP contribution in [0, 0.1) is 0 Å². The second-order valence-corrected chi connectivity index (χ2v) is 7.34. The summed E-state index contributed by atoms with van der Waals surface area (Å²) in [6, 6.07) is 11.5. The van der Waals surface area contributed by atoms with Crippen molar-refractivity contribution >= 4 is 28.6 Å². The number of anilines is 1. The molecule has 0 spiro atoms. The van der Waals surface area contributed by atoms with Gasteiger partial charge in [-0.3, -0.25) is 0 Å². The number of thiophene rings is 1. The maximum Gasteiger partial charge on any atom is 0.0525 e. The van der Waals surface area contributed by atoms with Gasteiger partial charge in [0.15, 0.2) is 0 Å². The van der Waals surface area contributed by atoms with Gasteiger partial charge in [-0.05, 0) is 55.3 Å². The number of rotatable bonds is 6. The molecule has 2 N–H and O–H groups in total. The number of benzene rings is 1. The number of hydrogen-bond donors (Lipinski definition) is 1. The second kappa shape index (κ2) is 6.39. The zero-order valence-electron chi connectivity index (χ0n) is 12.3. The summed E-state index contributed by atoms with van der Waals surface area (Å²) in [5.74, 6) is 0. The minimum atomic E-state index is 0.138. The van der Waals surface area contributed by atoms with Crippen LogP contribution in [-0.4, -0.2) is 12.1 Å². The van der Waals surface area contributed by atoms with Crippen LogP contribution in [0.5, 0.6) is 0 Å². The first-order chi connectivity index (χ1) is 10.1. The molecule has 0 bridgehead atoms. The van der Waals surface area contributed by atoms with Crippen molar-refractivity contribution in [1.82, 2.24) is 0 Å². The van der Waals surface area contributed by atoms with Gasteiger partial charge >= 0.3 is 0 Å². The highest BCUT2D eigenvalue weighted by Crippen LogP contribution is 2.35. The van der Waals surface area contributed by atoms with Crippen LogP contribution in [0.1, 0.15) is 30.2 Å². The molecule has 3 rings (SSSR count). The summed E-state index contributed by atoms with van der Waals surface area (Å²) in [6.07, 6.45) is 3.39. The molecular formula is C17H21ClN2S. The third-order valence-corrected chi connectivity index (χ3v) is 5.02. The van der Waals surface area contributed by atoms with Crippen LogP contribution in [0.4, 0.5) is 5.69 Å². The van der Waals surface area contributed by atoms with E-state index in [0.29, 0.717) is 6.04 Å². The molecule has 1 saturated carbocycles. The predicted octanol–water partition coefficient (Wildman–Crippen LogP) is 4.46. The number of nitrogens with zero attached hydrogens (tertiary/aromatic N) is 1. The van der Waals surface area contributed by atoms with Crippen LogP contribution < -0.4 is 10.6 Å². The molecule has 2 aromatic rings. The van der Waals surface area contributed by atoms with Crippen LogP contribution in [0.25, 0.3) is 0 Å². The Morgan fingerprint density at radius 1 is 1.38 bits per heavy atom. The van der Waals surface area contributed by atoms with Crippen molar-refractivity contribution in [2.75, 3.05) is 4.90 Å². The molecule has 21 heavy (non-hydrogen) atoms. The average molecular weight is 321 g/mol. The second-order valence-electron chi connectivity index (χ2n) is 5.90. The topological polar surface area (TPSA) is 29.3 Å². The lowest BCUT2D eigenvalue weighted by molar-refractivity contribution is 0.737. The van der Waals surface area contributed by atoms with Crippen molar-refractivity contribution in [1.29, 1.82) is 0 Å². The van der Waals surface area contributed by atoms with Gasteiger partial charge in [-0.15, -0.1) is 11.3 Å². The van der Waals surface area contributed by atoms with Gasteiger partial charge in [0.1, 0.15) is 0 Å². The number of hydrogen-bond acceptors (Lipinski definition) is 3. The fourth-order valence-electron chi connectivity index (χ4n) is 2.62. The molecule has 0 saturated heterocycles. The van der Waals surface area contributed by atoms with Crippen molar-refractivity contribution in [3.05, 3.63) is 51.2 Å². The number of halogens is 1. The van der Waals surface area contributed by atoms with E-state index in [1.165, 1.54) is 23.4 Å². The molecule has 1 fully saturated rings. The highest BCUT2D eigenvalue weighted by molar-refractivity contribution is 7.09. The SMILES string of the molecule is CC(N)Cc1ccc(N(Cc2cccs2)C2CC2)cc1Cl. The maximum absolute atomic E-state index is 6.44. The van der Waals surface area contributed by atoms with Crippen LogP contribution in [0.3, 0.4) is 0 Å². The fourth-order valence-corrected chi connectivity index (χ4v) is 3.57. The molecule has 2 nitrogen and oxygen atoms in total. The molecular weight excluding hydrogens is 300 g/mol. The minimum Gasteiger partial charge on any atom is -0.363 e. The van der Waals surface area contributed by atoms with Gasteiger partial charge in [-0.25, -0.2) is 0 Å². The summed E-state index contributed by atoms with van der Waals surface area (Å²) in [5.41, 5.74) is 8.24. The quantitative estimate of drug-likeness (QED) is 0.851. The van der Waals surface area contributed by atoms with Gasteiger partial charge < -0.3 is 10.6 Å². The van der Waals surface area contributed by atoms with Gasteiger partial charge in [0.05, 0.1) is 6.54 Å². The molecule has 0 radical (unpaired) electrons. The van der Waals surface area contributed by atoms with Crippen molar-refractivity contribution in [2.24, 2.45) is 5.73 Å². The molecule has 0 amide bonds. The summed E-state index contributed by atoms with van der Waals surface area (Å²) in [4.78, 5) is 3.88. The first kappa shape index (κ1) is 14.9. The highest BCUT2D eigenvalue weighted by Gasteiger charge is 2.29. The Hall–Kier alpha value is -1.03. The van der Waals surface area contributed by atoms with E-state index in [4.69, 9.17) is 17.3 Å². The van der Waals surface area contributed by atoms with E-state index in [0.717, 1.165) is 23.6 Å². The molecule has 1 aliphatic rings. The third-order valence-electron chi connectivity index (χ3n) is 3.80. The van der Waals surface area contributed by atoms with Crippen molar-refractivity contribution in [2.45, 2.75) is 44.8 Å². The van der Waals surface area contributed by atoms with E-state index in [2.05, 4.69) is 40.6 Å². The Bertz CT molecular complexity index is 591. The Kier molecular flexibility index (Phi) is 4.53. The van der Waals surface area contributed by atoms with E-state index < -0.39 is 0 Å². The van der Waals surface area contributed by atoms with Crippen LogP contribution in [0.2, 0.25) is 5.02 Å². The molecule has 1 aromatic heterocycles. The van der Waals surface area contributed by atoms with Gasteiger partial charge in [-0.1, -0.05) is 23.7 Å². The smallest absolute Gasteiger partial charge is 0.0525 e. The van der Waals surface area contributed by atoms with Crippen molar-refractivity contribution < 1.29 is 0 Å². The first-order valence-electron chi connectivity index (χ1n) is 7.46. The Morgan fingerprint density at radius 3 is 2.76 bits per heavy atom. The van der Waals surface area contributed by atoms with Crippen molar-refractivity contribution in [3.8, 4) is 0 Å². The highest BCUT2D eigenvalue weighted by atomic mass is 35.5. The normalized spacial score (nSPS) is 16.0. The standard InChI is InChI=1S/C17H21ClN2S/c1-12(19)9-13-4-5-15(10-17(13)18)20(14-6-7-14)11-16-3-2-8-21-16/h2-5,8,10,12,14H,6-7,9,11,19H2,1H3. The fraction of sp³-hybridized carbons (Fsp3) is 0.412. The third kappa shape index (κ3) is 3.79. The maximum atomic E-state index is 6.44. The molecule has 1 heterocycles. The molecule has 1 aliphatic carbocycles. The molecule has 1 unspecified atom stereocenters. The van der Waals surface area contributed by atoms with E-state index in [-0.39, 0.29) is 6.04 Å². The lowest BCUT2D eigenvalue weighted by Crippen LogP contribution is -2.24. The van der Waals surface area contributed by atoms with Gasteiger partial charge in [0.25, 0.3) is 0 Å². The predicted molar refractivity (Wildman–Crippen MR) is 92.3 cm³/mol. The molecule has 112 valence electrons. The van der Waals surface area contributed by atoms with Crippen LogP contribution in [-0.2, 0) is 13.0 Å². The Balaban J connectivity index is 1.81. The Morgan fingerprint density at radius 2 is 2.19 bits per heavy atom. The zero-order chi connectivity index (χ0) is 14.8. The summed E-state index contributed by atoms with van der Waals surface area (Å²) in [5, 5.41) is 2.97. The molecule has 0 aliphatic heterocycles. The minimum absolute atomic E-state index is 0.138. The molecule has 1 atom stereocenters. The summed E-state index contributed by atoms with van der Waals surface area (Å²) in [7, 11) is 0. The van der Waals surface area contributed by atoms with Crippen LogP contribution in [0.15, 0.2) is 35.7 Å². The lowest BCUT2D eigenvalue weighted by atomic mass is 10.1. The summed E-state index contributed by atoms with van der Waals surface area (Å²) < 4.78 is 0. The monoisotopic (exact) mass is 320 g/mol. The van der Waals surface area contributed by atoms with E-state index >= 15 is 0 Å². The Labute approximate surface area is 135 Å². The average Bonchev–Trinajstić information content (AvgIpc) is 3.15. The first-order valence-corrected chi connectivity index (χ1v) is 8.72. The number of nitrogens with two attached hydrogens (primary N) is 1. The largest absolute Gasteiger partial charge is 0.363 e. The lowest BCUT2D eigenvalue weighted by Gasteiger charge is -2.25. The van der Waals surface area contributed by atoms with E-state index in [1.54, 1.807) is 0 Å². The molecule has 1 aromatic carbocycles. The van der Waals surface area contributed by atoms with Crippen LogP contribution >= 0.6 is 22.9 Å². The van der Waals surface area contributed by atoms with Crippen molar-refractivity contribution in [3.63, 3.8) is 0 Å². The van der Waals surface area contributed by atoms with E-state index in [9.17, 15) is 0 Å².